The molecular weight excluding hydrogens is 265 g/mol. The van der Waals surface area contributed by atoms with E-state index >= 15 is 0 Å². The molecule has 7 heteroatoms. The molecule has 0 saturated carbocycles. The predicted octanol–water partition coefficient (Wildman–Crippen LogP) is -3.24. The van der Waals surface area contributed by atoms with Crippen molar-refractivity contribution in [1.29, 1.82) is 0 Å². The maximum atomic E-state index is 10.5. The van der Waals surface area contributed by atoms with Crippen molar-refractivity contribution in [3.05, 3.63) is 23.8 Å². The SMILES string of the molecule is O=C([O-])[C@H](CS)N=CCc1ccc(O)cc1O.[Na+]. The van der Waals surface area contributed by atoms with Gasteiger partial charge in [0.05, 0.1) is 12.0 Å². The van der Waals surface area contributed by atoms with E-state index in [1.807, 2.05) is 0 Å². The average Bonchev–Trinajstić information content (AvgIpc) is 2.26. The maximum absolute atomic E-state index is 10.5. The molecule has 0 aliphatic rings. The minimum atomic E-state index is -1.29. The Kier molecular flexibility index (Phi) is 8.10. The van der Waals surface area contributed by atoms with Crippen LogP contribution in [-0.4, -0.2) is 34.2 Å². The van der Waals surface area contributed by atoms with Crippen molar-refractivity contribution >= 4 is 24.8 Å². The fourth-order valence-corrected chi connectivity index (χ4v) is 1.43. The molecule has 1 aromatic carbocycles. The fraction of sp³-hybridized carbons (Fsp3) is 0.273. The molecule has 5 nitrogen and oxygen atoms in total. The molecule has 1 rings (SSSR count). The number of phenols is 2. The van der Waals surface area contributed by atoms with Gasteiger partial charge in [0.1, 0.15) is 11.5 Å². The van der Waals surface area contributed by atoms with Gasteiger partial charge in [0.25, 0.3) is 0 Å². The number of phenolic OH excluding ortho intramolecular Hbond substituents is 2. The van der Waals surface area contributed by atoms with Crippen molar-refractivity contribution < 1.29 is 49.7 Å². The summed E-state index contributed by atoms with van der Waals surface area (Å²) in [5.74, 6) is -1.33. The minimum absolute atomic E-state index is 0. The van der Waals surface area contributed by atoms with Crippen LogP contribution in [-0.2, 0) is 11.2 Å². The average molecular weight is 277 g/mol. The molecule has 92 valence electrons. The third-order valence-electron chi connectivity index (χ3n) is 2.11. The third-order valence-corrected chi connectivity index (χ3v) is 2.46. The number of aliphatic carboxylic acids is 1. The van der Waals surface area contributed by atoms with Crippen LogP contribution in [0.2, 0.25) is 0 Å². The number of hydrogen-bond donors (Lipinski definition) is 3. The zero-order chi connectivity index (χ0) is 12.8. The Morgan fingerprint density at radius 2 is 2.17 bits per heavy atom. The zero-order valence-electron chi connectivity index (χ0n) is 9.91. The number of carbonyl (C=O) groups excluding carboxylic acids is 1. The molecule has 0 fully saturated rings. The van der Waals surface area contributed by atoms with Gasteiger partial charge < -0.3 is 20.1 Å². The summed E-state index contributed by atoms with van der Waals surface area (Å²) in [7, 11) is 0. The second kappa shape index (κ2) is 8.42. The quantitative estimate of drug-likeness (QED) is 0.300. The van der Waals surface area contributed by atoms with Crippen molar-refractivity contribution in [2.45, 2.75) is 12.5 Å². The van der Waals surface area contributed by atoms with Crippen molar-refractivity contribution in [2.75, 3.05) is 5.75 Å². The first-order valence-corrected chi connectivity index (χ1v) is 5.52. The third kappa shape index (κ3) is 5.30. The molecule has 0 amide bonds. The van der Waals surface area contributed by atoms with E-state index in [4.69, 9.17) is 5.11 Å². The number of nitrogens with zero attached hydrogens (tertiary/aromatic N) is 1. The van der Waals surface area contributed by atoms with E-state index in [-0.39, 0.29) is 53.2 Å². The van der Waals surface area contributed by atoms with Crippen LogP contribution in [0.5, 0.6) is 11.5 Å². The van der Waals surface area contributed by atoms with E-state index in [1.165, 1.54) is 24.4 Å². The van der Waals surface area contributed by atoms with Gasteiger partial charge in [0.15, 0.2) is 0 Å². The van der Waals surface area contributed by atoms with Crippen LogP contribution < -0.4 is 34.7 Å². The number of rotatable bonds is 5. The summed E-state index contributed by atoms with van der Waals surface area (Å²) in [6, 6.07) is 3.18. The number of carboxylic acids is 1. The smallest absolute Gasteiger partial charge is 0.548 e. The first-order chi connectivity index (χ1) is 8.04. The van der Waals surface area contributed by atoms with Crippen molar-refractivity contribution in [2.24, 2.45) is 4.99 Å². The van der Waals surface area contributed by atoms with Crippen LogP contribution in [0.3, 0.4) is 0 Å². The summed E-state index contributed by atoms with van der Waals surface area (Å²) >= 11 is 3.83. The van der Waals surface area contributed by atoms with E-state index < -0.39 is 12.0 Å². The molecule has 0 spiro atoms. The van der Waals surface area contributed by atoms with Crippen LogP contribution in [0.25, 0.3) is 0 Å². The van der Waals surface area contributed by atoms with Crippen molar-refractivity contribution in [1.82, 2.24) is 0 Å². The Morgan fingerprint density at radius 1 is 1.50 bits per heavy atom. The minimum Gasteiger partial charge on any atom is -0.548 e. The number of thiol groups is 1. The summed E-state index contributed by atoms with van der Waals surface area (Å²) in [4.78, 5) is 14.3. The van der Waals surface area contributed by atoms with Crippen LogP contribution >= 0.6 is 12.6 Å². The van der Waals surface area contributed by atoms with Gasteiger partial charge >= 0.3 is 29.6 Å². The largest absolute Gasteiger partial charge is 1.00 e. The molecule has 0 radical (unpaired) electrons. The van der Waals surface area contributed by atoms with Crippen LogP contribution in [0, 0.1) is 0 Å². The summed E-state index contributed by atoms with van der Waals surface area (Å²) < 4.78 is 0. The Bertz CT molecular complexity index is 439. The Labute approximate surface area is 132 Å². The van der Waals surface area contributed by atoms with Gasteiger partial charge in [-0.2, -0.15) is 12.6 Å². The molecule has 0 aliphatic carbocycles. The molecule has 0 saturated heterocycles. The van der Waals surface area contributed by atoms with Gasteiger partial charge in [0.2, 0.25) is 0 Å². The summed E-state index contributed by atoms with van der Waals surface area (Å²) in [6.45, 7) is 0. The summed E-state index contributed by atoms with van der Waals surface area (Å²) in [6.07, 6.45) is 1.65. The Hall–Kier alpha value is -0.690. The number of aliphatic imine (C=N–C) groups is 1. The van der Waals surface area contributed by atoms with Gasteiger partial charge in [-0.3, -0.25) is 4.99 Å². The normalized spacial score (nSPS) is 12.1. The maximum Gasteiger partial charge on any atom is 1.00 e. The molecule has 1 atom stereocenters. The number of benzene rings is 1. The standard InChI is InChI=1S/C11H13NO4S.Na/c13-8-2-1-7(10(14)5-8)3-4-12-9(6-17)11(15)16;/h1-2,4-5,9,13-14,17H,3,6H2,(H,15,16);/q;+1/p-1/t9-;/m0./s1. The molecule has 0 bridgehead atoms. The zero-order valence-corrected chi connectivity index (χ0v) is 12.8. The van der Waals surface area contributed by atoms with Gasteiger partial charge in [-0.05, 0) is 11.6 Å². The van der Waals surface area contributed by atoms with Crippen molar-refractivity contribution in [3.63, 3.8) is 0 Å². The molecule has 0 unspecified atom stereocenters. The molecule has 18 heavy (non-hydrogen) atoms. The number of hydrogen-bond acceptors (Lipinski definition) is 6. The molecule has 0 heterocycles. The van der Waals surface area contributed by atoms with Crippen LogP contribution in [0.1, 0.15) is 5.56 Å². The number of aromatic hydroxyl groups is 2. The first kappa shape index (κ1) is 17.3. The molecule has 1 aromatic rings. The van der Waals surface area contributed by atoms with E-state index in [9.17, 15) is 15.0 Å². The van der Waals surface area contributed by atoms with Gasteiger partial charge in [0, 0.05) is 24.5 Å². The fourth-order valence-electron chi connectivity index (χ4n) is 1.19. The molecule has 2 N–H and O–H groups in total. The van der Waals surface area contributed by atoms with Crippen LogP contribution in [0.15, 0.2) is 23.2 Å². The Morgan fingerprint density at radius 3 is 2.67 bits per heavy atom. The van der Waals surface area contributed by atoms with E-state index in [0.29, 0.717) is 5.56 Å². The number of carbonyl (C=O) groups is 1. The first-order valence-electron chi connectivity index (χ1n) is 4.88. The monoisotopic (exact) mass is 277 g/mol. The second-order valence-electron chi connectivity index (χ2n) is 3.37. The summed E-state index contributed by atoms with van der Waals surface area (Å²) in [5.41, 5.74) is 0.544. The van der Waals surface area contributed by atoms with Gasteiger partial charge in [-0.15, -0.1) is 0 Å². The van der Waals surface area contributed by atoms with Crippen molar-refractivity contribution in [3.8, 4) is 11.5 Å². The van der Waals surface area contributed by atoms with Crippen LogP contribution in [0.4, 0.5) is 0 Å². The predicted molar refractivity (Wildman–Crippen MR) is 64.6 cm³/mol. The van der Waals surface area contributed by atoms with E-state index in [0.717, 1.165) is 0 Å². The Balaban J connectivity index is 0.00000289. The number of carboxylic acid groups (broad SMARTS) is 1. The van der Waals surface area contributed by atoms with E-state index in [2.05, 4.69) is 17.6 Å². The van der Waals surface area contributed by atoms with Gasteiger partial charge in [-0.25, -0.2) is 0 Å². The summed E-state index contributed by atoms with van der Waals surface area (Å²) in [5, 5.41) is 29.1. The van der Waals surface area contributed by atoms with E-state index in [1.54, 1.807) is 0 Å². The topological polar surface area (TPSA) is 93.0 Å². The molecule has 0 aromatic heterocycles. The second-order valence-corrected chi connectivity index (χ2v) is 3.73. The van der Waals surface area contributed by atoms with Gasteiger partial charge in [-0.1, -0.05) is 6.07 Å². The molecule has 0 aliphatic heterocycles. The molecular formula is C11H12NNaO4S.